The molecule has 2 amide bonds. The number of aromatic carboxylic acids is 1. The predicted octanol–water partition coefficient (Wildman–Crippen LogP) is 1.55. The number of hydrogen-bond donors (Lipinski definition) is 1. The van der Waals surface area contributed by atoms with Gasteiger partial charge in [-0.05, 0) is 37.5 Å². The number of hydrogen-bond acceptors (Lipinski definition) is 4. The minimum absolute atomic E-state index is 0.0120. The van der Waals surface area contributed by atoms with Crippen molar-refractivity contribution in [3.05, 3.63) is 34.9 Å². The SMILES string of the molecule is COC1CCC(N2C(=O)c3ccc(C(=O)O)cc3C2=O)C1. The van der Waals surface area contributed by atoms with E-state index in [-0.39, 0.29) is 34.7 Å². The fourth-order valence-electron chi connectivity index (χ4n) is 3.09. The Kier molecular flexibility index (Phi) is 3.25. The van der Waals surface area contributed by atoms with Crippen LogP contribution in [0, 0.1) is 0 Å². The molecule has 0 bridgehead atoms. The first-order chi connectivity index (χ1) is 10.0. The topological polar surface area (TPSA) is 83.9 Å². The highest BCUT2D eigenvalue weighted by molar-refractivity contribution is 6.22. The van der Waals surface area contributed by atoms with Gasteiger partial charge >= 0.3 is 5.97 Å². The molecule has 110 valence electrons. The van der Waals surface area contributed by atoms with Crippen LogP contribution in [-0.4, -0.2) is 47.0 Å². The summed E-state index contributed by atoms with van der Waals surface area (Å²) in [6, 6.07) is 3.88. The molecule has 1 saturated carbocycles. The maximum absolute atomic E-state index is 12.4. The molecule has 1 aliphatic carbocycles. The van der Waals surface area contributed by atoms with Crippen LogP contribution in [0.15, 0.2) is 18.2 Å². The van der Waals surface area contributed by atoms with E-state index in [1.807, 2.05) is 0 Å². The highest BCUT2D eigenvalue weighted by atomic mass is 16.5. The number of methoxy groups -OCH3 is 1. The van der Waals surface area contributed by atoms with Gasteiger partial charge in [-0.3, -0.25) is 14.5 Å². The average molecular weight is 289 g/mol. The van der Waals surface area contributed by atoms with Gasteiger partial charge in [-0.25, -0.2) is 4.79 Å². The number of benzene rings is 1. The first-order valence-corrected chi connectivity index (χ1v) is 6.81. The van der Waals surface area contributed by atoms with Gasteiger partial charge in [0.1, 0.15) is 0 Å². The molecule has 1 aromatic rings. The fraction of sp³-hybridized carbons (Fsp3) is 0.400. The van der Waals surface area contributed by atoms with Crippen molar-refractivity contribution in [1.82, 2.24) is 4.90 Å². The van der Waals surface area contributed by atoms with Crippen molar-refractivity contribution in [3.63, 3.8) is 0 Å². The van der Waals surface area contributed by atoms with Crippen LogP contribution in [0.25, 0.3) is 0 Å². The molecule has 1 N–H and O–H groups in total. The lowest BCUT2D eigenvalue weighted by Crippen LogP contribution is -2.38. The zero-order valence-electron chi connectivity index (χ0n) is 11.5. The Hall–Kier alpha value is -2.21. The second-order valence-electron chi connectivity index (χ2n) is 5.37. The molecule has 1 heterocycles. The maximum Gasteiger partial charge on any atom is 0.335 e. The van der Waals surface area contributed by atoms with Crippen LogP contribution in [-0.2, 0) is 4.74 Å². The Balaban J connectivity index is 1.92. The highest BCUT2D eigenvalue weighted by Crippen LogP contribution is 2.33. The molecule has 2 aliphatic rings. The van der Waals surface area contributed by atoms with Crippen LogP contribution in [0.2, 0.25) is 0 Å². The molecular formula is C15H15NO5. The van der Waals surface area contributed by atoms with Crippen molar-refractivity contribution in [2.45, 2.75) is 31.4 Å². The molecule has 0 spiro atoms. The summed E-state index contributed by atoms with van der Waals surface area (Å²) in [5.41, 5.74) is 0.476. The first-order valence-electron chi connectivity index (χ1n) is 6.81. The minimum Gasteiger partial charge on any atom is -0.478 e. The molecule has 6 heteroatoms. The summed E-state index contributed by atoms with van der Waals surface area (Å²) in [6.07, 6.45) is 2.23. The van der Waals surface area contributed by atoms with Gasteiger partial charge in [0.25, 0.3) is 11.8 Å². The molecule has 0 radical (unpaired) electrons. The summed E-state index contributed by atoms with van der Waals surface area (Å²) in [6.45, 7) is 0. The normalized spacial score (nSPS) is 24.5. The highest BCUT2D eigenvalue weighted by Gasteiger charge is 2.42. The maximum atomic E-state index is 12.4. The van der Waals surface area contributed by atoms with Crippen LogP contribution >= 0.6 is 0 Å². The van der Waals surface area contributed by atoms with Gasteiger partial charge in [-0.1, -0.05) is 0 Å². The summed E-state index contributed by atoms with van der Waals surface area (Å²) in [5, 5.41) is 8.99. The zero-order valence-corrected chi connectivity index (χ0v) is 11.5. The van der Waals surface area contributed by atoms with Crippen LogP contribution in [0.5, 0.6) is 0 Å². The first kappa shape index (κ1) is 13.8. The average Bonchev–Trinajstić information content (AvgIpc) is 3.03. The van der Waals surface area contributed by atoms with E-state index < -0.39 is 11.9 Å². The van der Waals surface area contributed by atoms with E-state index in [4.69, 9.17) is 9.84 Å². The van der Waals surface area contributed by atoms with E-state index in [1.54, 1.807) is 7.11 Å². The number of rotatable bonds is 3. The Labute approximate surface area is 121 Å². The van der Waals surface area contributed by atoms with Crippen LogP contribution < -0.4 is 0 Å². The van der Waals surface area contributed by atoms with E-state index in [9.17, 15) is 14.4 Å². The molecule has 0 aromatic heterocycles. The van der Waals surface area contributed by atoms with Crippen LogP contribution in [0.4, 0.5) is 0 Å². The second-order valence-corrected chi connectivity index (χ2v) is 5.37. The van der Waals surface area contributed by atoms with E-state index >= 15 is 0 Å². The van der Waals surface area contributed by atoms with Crippen molar-refractivity contribution in [1.29, 1.82) is 0 Å². The van der Waals surface area contributed by atoms with Gasteiger partial charge in [0.2, 0.25) is 0 Å². The summed E-state index contributed by atoms with van der Waals surface area (Å²) < 4.78 is 5.27. The Morgan fingerprint density at radius 3 is 2.57 bits per heavy atom. The number of carboxylic acid groups (broad SMARTS) is 1. The number of fused-ring (bicyclic) bond motifs is 1. The predicted molar refractivity (Wildman–Crippen MR) is 72.3 cm³/mol. The quantitative estimate of drug-likeness (QED) is 0.853. The molecule has 3 rings (SSSR count). The van der Waals surface area contributed by atoms with Gasteiger partial charge in [-0.15, -0.1) is 0 Å². The summed E-state index contributed by atoms with van der Waals surface area (Å²) in [4.78, 5) is 37.1. The standard InChI is InChI=1S/C15H15NO5/c1-21-10-4-3-9(7-10)16-13(17)11-5-2-8(15(19)20)6-12(11)14(16)18/h2,5-6,9-10H,3-4,7H2,1H3,(H,19,20). The van der Waals surface area contributed by atoms with Crippen molar-refractivity contribution >= 4 is 17.8 Å². The third-order valence-electron chi connectivity index (χ3n) is 4.22. The summed E-state index contributed by atoms with van der Waals surface area (Å²) >= 11 is 0. The molecule has 2 unspecified atom stereocenters. The fourth-order valence-corrected chi connectivity index (χ4v) is 3.09. The number of carbonyl (C=O) groups is 3. The number of carbonyl (C=O) groups excluding carboxylic acids is 2. The molecule has 1 fully saturated rings. The second kappa shape index (κ2) is 4.96. The van der Waals surface area contributed by atoms with E-state index in [1.165, 1.54) is 23.1 Å². The number of amides is 2. The van der Waals surface area contributed by atoms with E-state index in [2.05, 4.69) is 0 Å². The van der Waals surface area contributed by atoms with Gasteiger partial charge < -0.3 is 9.84 Å². The van der Waals surface area contributed by atoms with Gasteiger partial charge in [0.05, 0.1) is 22.8 Å². The third kappa shape index (κ3) is 2.12. The van der Waals surface area contributed by atoms with Gasteiger partial charge in [0.15, 0.2) is 0 Å². The van der Waals surface area contributed by atoms with Gasteiger partial charge in [-0.2, -0.15) is 0 Å². The Morgan fingerprint density at radius 1 is 1.24 bits per heavy atom. The lowest BCUT2D eigenvalue weighted by atomic mass is 10.1. The largest absolute Gasteiger partial charge is 0.478 e. The summed E-state index contributed by atoms with van der Waals surface area (Å²) in [7, 11) is 1.62. The molecule has 21 heavy (non-hydrogen) atoms. The Morgan fingerprint density at radius 2 is 1.95 bits per heavy atom. The van der Waals surface area contributed by atoms with Crippen molar-refractivity contribution < 1.29 is 24.2 Å². The van der Waals surface area contributed by atoms with Crippen molar-refractivity contribution in [2.75, 3.05) is 7.11 Å². The molecule has 1 aromatic carbocycles. The summed E-state index contributed by atoms with van der Waals surface area (Å²) in [5.74, 6) is -1.86. The molecule has 2 atom stereocenters. The van der Waals surface area contributed by atoms with Crippen molar-refractivity contribution in [3.8, 4) is 0 Å². The van der Waals surface area contributed by atoms with E-state index in [0.29, 0.717) is 6.42 Å². The van der Waals surface area contributed by atoms with Crippen LogP contribution in [0.1, 0.15) is 50.3 Å². The molecule has 1 aliphatic heterocycles. The number of imide groups is 1. The molecule has 0 saturated heterocycles. The lowest BCUT2D eigenvalue weighted by Gasteiger charge is -2.21. The van der Waals surface area contributed by atoms with E-state index in [0.717, 1.165) is 12.8 Å². The smallest absolute Gasteiger partial charge is 0.335 e. The Bertz CT molecular complexity index is 639. The van der Waals surface area contributed by atoms with Crippen LogP contribution in [0.3, 0.4) is 0 Å². The zero-order chi connectivity index (χ0) is 15.1. The lowest BCUT2D eigenvalue weighted by molar-refractivity contribution is 0.0557. The number of carboxylic acids is 1. The molecular weight excluding hydrogens is 274 g/mol. The minimum atomic E-state index is -1.11. The van der Waals surface area contributed by atoms with Crippen molar-refractivity contribution in [2.24, 2.45) is 0 Å². The monoisotopic (exact) mass is 289 g/mol. The third-order valence-corrected chi connectivity index (χ3v) is 4.22. The number of ether oxygens (including phenoxy) is 1. The molecule has 6 nitrogen and oxygen atoms in total. The number of nitrogens with zero attached hydrogens (tertiary/aromatic N) is 1. The van der Waals surface area contributed by atoms with Gasteiger partial charge in [0, 0.05) is 13.2 Å².